The van der Waals surface area contributed by atoms with Crippen LogP contribution in [0, 0.1) is 5.41 Å². The second-order valence-electron chi connectivity index (χ2n) is 10.7. The van der Waals surface area contributed by atoms with Crippen molar-refractivity contribution >= 4 is 46.9 Å². The molecule has 0 aliphatic rings. The van der Waals surface area contributed by atoms with E-state index in [9.17, 15) is 19.2 Å². The van der Waals surface area contributed by atoms with Gasteiger partial charge in [0.05, 0.1) is 18.4 Å². The highest BCUT2D eigenvalue weighted by Crippen LogP contribution is 2.29. The molecule has 2 amide bonds. The molecule has 6 N–H and O–H groups in total. The minimum Gasteiger partial charge on any atom is -0.465 e. The van der Waals surface area contributed by atoms with Gasteiger partial charge in [0, 0.05) is 29.4 Å². The van der Waals surface area contributed by atoms with Gasteiger partial charge in [0.1, 0.15) is 19.0 Å². The lowest BCUT2D eigenvalue weighted by atomic mass is 10.1. The first-order valence-corrected chi connectivity index (χ1v) is 14.8. The predicted molar refractivity (Wildman–Crippen MR) is 178 cm³/mol. The van der Waals surface area contributed by atoms with Gasteiger partial charge in [-0.3, -0.25) is 24.9 Å². The lowest BCUT2D eigenvalue weighted by Gasteiger charge is -2.18. The summed E-state index contributed by atoms with van der Waals surface area (Å²) in [5.74, 6) is -1.35. The molecule has 244 valence electrons. The molecule has 4 aromatic rings. The standard InChI is InChI=1S/C33H34ClN7O6/c1-19(2)38-30-31(43)41(27(28(34)39-30)23-13-24(32(44)46-3)15-25(35)14-23)17-26(42)37-16-20-9-11-22(12-10-20)29(36)40-33(45)47-18-21-7-5-4-6-8-21/h4-15,19H,16-18,35H2,1-3H3,(H,37,42)(H,38,39)(H2,36,40,45). The van der Waals surface area contributed by atoms with E-state index in [0.29, 0.717) is 16.7 Å². The van der Waals surface area contributed by atoms with Gasteiger partial charge >= 0.3 is 12.1 Å². The summed E-state index contributed by atoms with van der Waals surface area (Å²) in [6.07, 6.45) is -0.757. The molecule has 47 heavy (non-hydrogen) atoms. The first kappa shape index (κ1) is 34.2. The van der Waals surface area contributed by atoms with Crippen molar-refractivity contribution in [1.29, 1.82) is 5.41 Å². The number of alkyl carbamates (subject to hydrolysis) is 1. The molecular weight excluding hydrogens is 626 g/mol. The number of ether oxygens (including phenoxy) is 2. The van der Waals surface area contributed by atoms with Crippen molar-refractivity contribution < 1.29 is 23.9 Å². The van der Waals surface area contributed by atoms with E-state index in [1.54, 1.807) is 24.3 Å². The lowest BCUT2D eigenvalue weighted by Crippen LogP contribution is -2.35. The molecule has 0 saturated carbocycles. The highest BCUT2D eigenvalue weighted by atomic mass is 35.5. The summed E-state index contributed by atoms with van der Waals surface area (Å²) in [6.45, 7) is 3.39. The van der Waals surface area contributed by atoms with Crippen molar-refractivity contribution in [2.75, 3.05) is 18.2 Å². The van der Waals surface area contributed by atoms with E-state index < -0.39 is 30.1 Å². The summed E-state index contributed by atoms with van der Waals surface area (Å²) < 4.78 is 11.1. The zero-order valence-corrected chi connectivity index (χ0v) is 26.7. The van der Waals surface area contributed by atoms with E-state index in [4.69, 9.17) is 32.2 Å². The molecule has 0 aliphatic heterocycles. The molecule has 0 radical (unpaired) electrons. The number of carbonyl (C=O) groups is 3. The maximum absolute atomic E-state index is 13.5. The number of hydrogen-bond donors (Lipinski definition) is 5. The fraction of sp³-hybridized carbons (Fsp3) is 0.212. The molecule has 0 fully saturated rings. The van der Waals surface area contributed by atoms with Crippen molar-refractivity contribution in [3.8, 4) is 11.3 Å². The van der Waals surface area contributed by atoms with Crippen LogP contribution in [0.1, 0.15) is 40.9 Å². The molecule has 0 bridgehead atoms. The van der Waals surface area contributed by atoms with E-state index >= 15 is 0 Å². The highest BCUT2D eigenvalue weighted by molar-refractivity contribution is 6.32. The number of methoxy groups -OCH3 is 1. The Hall–Kier alpha value is -5.69. The number of nitrogens with two attached hydrogens (primary N) is 1. The van der Waals surface area contributed by atoms with Crippen molar-refractivity contribution in [3.63, 3.8) is 0 Å². The molecular formula is C33H34ClN7O6. The number of amidine groups is 1. The number of anilines is 2. The van der Waals surface area contributed by atoms with E-state index in [1.807, 2.05) is 44.2 Å². The zero-order valence-electron chi connectivity index (χ0n) is 25.9. The smallest absolute Gasteiger partial charge is 0.413 e. The Morgan fingerprint density at radius 1 is 1.00 bits per heavy atom. The molecule has 3 aromatic carbocycles. The van der Waals surface area contributed by atoms with E-state index in [-0.39, 0.29) is 52.9 Å². The summed E-state index contributed by atoms with van der Waals surface area (Å²) in [6, 6.07) is 20.0. The third-order valence-electron chi connectivity index (χ3n) is 6.67. The van der Waals surface area contributed by atoms with Crippen LogP contribution in [0.3, 0.4) is 0 Å². The summed E-state index contributed by atoms with van der Waals surface area (Å²) >= 11 is 6.57. The van der Waals surface area contributed by atoms with Crippen LogP contribution >= 0.6 is 11.6 Å². The molecule has 14 heteroatoms. The largest absolute Gasteiger partial charge is 0.465 e. The van der Waals surface area contributed by atoms with Crippen LogP contribution in [-0.2, 0) is 34.0 Å². The molecule has 0 unspecified atom stereocenters. The van der Waals surface area contributed by atoms with Crippen LogP contribution in [0.25, 0.3) is 11.3 Å². The van der Waals surface area contributed by atoms with Crippen molar-refractivity contribution in [2.45, 2.75) is 39.6 Å². The van der Waals surface area contributed by atoms with Gasteiger partial charge in [-0.2, -0.15) is 0 Å². The molecule has 0 aliphatic carbocycles. The van der Waals surface area contributed by atoms with Crippen LogP contribution in [-0.4, -0.2) is 46.5 Å². The van der Waals surface area contributed by atoms with Crippen molar-refractivity contribution in [1.82, 2.24) is 20.2 Å². The molecule has 13 nitrogen and oxygen atoms in total. The van der Waals surface area contributed by atoms with E-state index in [2.05, 4.69) is 20.9 Å². The number of amides is 2. The maximum atomic E-state index is 13.5. The third kappa shape index (κ3) is 9.17. The highest BCUT2D eigenvalue weighted by Gasteiger charge is 2.21. The molecule has 1 heterocycles. The van der Waals surface area contributed by atoms with Gasteiger partial charge in [0.2, 0.25) is 5.91 Å². The minimum atomic E-state index is -0.757. The van der Waals surface area contributed by atoms with Crippen LogP contribution in [0.5, 0.6) is 0 Å². The van der Waals surface area contributed by atoms with Crippen molar-refractivity contribution in [3.05, 3.63) is 111 Å². The maximum Gasteiger partial charge on any atom is 0.413 e. The van der Waals surface area contributed by atoms with Gasteiger partial charge in [0.15, 0.2) is 11.0 Å². The van der Waals surface area contributed by atoms with Crippen LogP contribution in [0.4, 0.5) is 16.3 Å². The topological polar surface area (TPSA) is 191 Å². The van der Waals surface area contributed by atoms with Crippen molar-refractivity contribution in [2.24, 2.45) is 0 Å². The average molecular weight is 660 g/mol. The van der Waals surface area contributed by atoms with E-state index in [0.717, 1.165) is 10.1 Å². The third-order valence-corrected chi connectivity index (χ3v) is 6.94. The summed E-state index contributed by atoms with van der Waals surface area (Å²) in [5.41, 5.74) is 8.10. The Morgan fingerprint density at radius 2 is 1.70 bits per heavy atom. The fourth-order valence-electron chi connectivity index (χ4n) is 4.48. The number of aromatic nitrogens is 2. The fourth-order valence-corrected chi connectivity index (χ4v) is 4.78. The number of esters is 1. The Balaban J connectivity index is 1.46. The second-order valence-corrected chi connectivity index (χ2v) is 11.0. The van der Waals surface area contributed by atoms with Gasteiger partial charge in [-0.25, -0.2) is 14.6 Å². The van der Waals surface area contributed by atoms with Crippen LogP contribution in [0.2, 0.25) is 5.15 Å². The van der Waals surface area contributed by atoms with E-state index in [1.165, 1.54) is 25.3 Å². The first-order valence-electron chi connectivity index (χ1n) is 14.4. The summed E-state index contributed by atoms with van der Waals surface area (Å²) in [7, 11) is 1.23. The number of benzene rings is 3. The Kier molecular flexibility index (Phi) is 11.3. The lowest BCUT2D eigenvalue weighted by molar-refractivity contribution is -0.121. The van der Waals surface area contributed by atoms with Gasteiger partial charge < -0.3 is 25.8 Å². The summed E-state index contributed by atoms with van der Waals surface area (Å²) in [5, 5.41) is 16.2. The predicted octanol–water partition coefficient (Wildman–Crippen LogP) is 4.32. The molecule has 0 saturated heterocycles. The Morgan fingerprint density at radius 3 is 2.36 bits per heavy atom. The van der Waals surface area contributed by atoms with Gasteiger partial charge in [-0.05, 0) is 43.2 Å². The monoisotopic (exact) mass is 659 g/mol. The average Bonchev–Trinajstić information content (AvgIpc) is 3.04. The van der Waals surface area contributed by atoms with Gasteiger partial charge in [-0.15, -0.1) is 0 Å². The van der Waals surface area contributed by atoms with Gasteiger partial charge in [-0.1, -0.05) is 66.2 Å². The zero-order chi connectivity index (χ0) is 34.1. The molecule has 4 rings (SSSR count). The van der Waals surface area contributed by atoms with Crippen LogP contribution < -0.4 is 27.2 Å². The first-order chi connectivity index (χ1) is 22.4. The number of carbonyl (C=O) groups excluding carboxylic acids is 3. The molecule has 0 atom stereocenters. The quantitative estimate of drug-likeness (QED) is 0.0675. The summed E-state index contributed by atoms with van der Waals surface area (Å²) in [4.78, 5) is 55.3. The molecule has 1 aromatic heterocycles. The number of nitrogen functional groups attached to an aromatic ring is 1. The number of halogens is 1. The SMILES string of the molecule is COC(=O)c1cc(N)cc(-c2c(Cl)nc(NC(C)C)c(=O)n2CC(=O)NCc2ccc(C(=N)NC(=O)OCc3ccccc3)cc2)c1. The Labute approximate surface area is 275 Å². The number of nitrogens with zero attached hydrogens (tertiary/aromatic N) is 2. The number of nitrogens with one attached hydrogen (secondary N) is 4. The minimum absolute atomic E-state index is 0.0470. The Bertz CT molecular complexity index is 1840. The normalized spacial score (nSPS) is 10.7. The second kappa shape index (κ2) is 15.5. The van der Waals surface area contributed by atoms with Gasteiger partial charge in [0.25, 0.3) is 5.56 Å². The number of rotatable bonds is 11. The molecule has 0 spiro atoms. The van der Waals surface area contributed by atoms with Crippen LogP contribution in [0.15, 0.2) is 77.6 Å². The number of hydrogen-bond acceptors (Lipinski definition) is 10.